The van der Waals surface area contributed by atoms with Gasteiger partial charge in [0.25, 0.3) is 0 Å². The molecule has 22 heavy (non-hydrogen) atoms. The molecule has 0 fully saturated rings. The number of anilines is 1. The number of nitrogens with one attached hydrogen (secondary N) is 2. The smallest absolute Gasteiger partial charge is 0.337 e. The standard InChI is InChI=1S/C15H15ClN2O4/c1-21-15(20)10-4-5-12(16)13(7-10)17-9-14(19)18-8-11-3-2-6-22-11/h2-7,17H,8-9H2,1H3,(H,18,19). The number of halogens is 1. The maximum atomic E-state index is 11.7. The van der Waals surface area contributed by atoms with Crippen molar-refractivity contribution in [2.75, 3.05) is 19.0 Å². The lowest BCUT2D eigenvalue weighted by Gasteiger charge is -2.10. The van der Waals surface area contributed by atoms with Gasteiger partial charge in [-0.2, -0.15) is 0 Å². The minimum absolute atomic E-state index is 0.0189. The number of rotatable bonds is 6. The molecule has 2 rings (SSSR count). The third-order valence-corrected chi connectivity index (χ3v) is 3.20. The maximum absolute atomic E-state index is 11.7. The molecule has 0 bridgehead atoms. The molecule has 0 saturated heterocycles. The van der Waals surface area contributed by atoms with Crippen LogP contribution >= 0.6 is 11.6 Å². The van der Waals surface area contributed by atoms with E-state index in [1.807, 2.05) is 0 Å². The third-order valence-electron chi connectivity index (χ3n) is 2.87. The summed E-state index contributed by atoms with van der Waals surface area (Å²) in [6.45, 7) is 0.328. The van der Waals surface area contributed by atoms with E-state index >= 15 is 0 Å². The van der Waals surface area contributed by atoms with Crippen molar-refractivity contribution in [3.8, 4) is 0 Å². The Morgan fingerprint density at radius 2 is 2.14 bits per heavy atom. The number of ether oxygens (including phenoxy) is 1. The first-order chi connectivity index (χ1) is 10.6. The fraction of sp³-hybridized carbons (Fsp3) is 0.200. The average Bonchev–Trinajstić information content (AvgIpc) is 3.04. The molecule has 7 heteroatoms. The van der Waals surface area contributed by atoms with Gasteiger partial charge in [0, 0.05) is 0 Å². The van der Waals surface area contributed by atoms with Gasteiger partial charge in [0.1, 0.15) is 5.76 Å². The van der Waals surface area contributed by atoms with Gasteiger partial charge in [-0.3, -0.25) is 4.79 Å². The van der Waals surface area contributed by atoms with Crippen molar-refractivity contribution in [2.24, 2.45) is 0 Å². The van der Waals surface area contributed by atoms with E-state index < -0.39 is 5.97 Å². The Balaban J connectivity index is 1.90. The van der Waals surface area contributed by atoms with Crippen LogP contribution < -0.4 is 10.6 Å². The lowest BCUT2D eigenvalue weighted by molar-refractivity contribution is -0.119. The van der Waals surface area contributed by atoms with Crippen molar-refractivity contribution < 1.29 is 18.7 Å². The summed E-state index contributed by atoms with van der Waals surface area (Å²) < 4.78 is 9.75. The molecule has 1 aromatic carbocycles. The second kappa shape index (κ2) is 7.51. The zero-order valence-corrected chi connectivity index (χ0v) is 12.6. The first-order valence-electron chi connectivity index (χ1n) is 6.51. The quantitative estimate of drug-likeness (QED) is 0.798. The molecule has 0 unspecified atom stereocenters. The Kier molecular flexibility index (Phi) is 5.43. The third kappa shape index (κ3) is 4.26. The minimum Gasteiger partial charge on any atom is -0.467 e. The van der Waals surface area contributed by atoms with Crippen LogP contribution in [0, 0.1) is 0 Å². The van der Waals surface area contributed by atoms with Crippen molar-refractivity contribution in [1.82, 2.24) is 5.32 Å². The van der Waals surface area contributed by atoms with E-state index in [1.54, 1.807) is 24.3 Å². The zero-order valence-electron chi connectivity index (χ0n) is 11.9. The van der Waals surface area contributed by atoms with Crippen LogP contribution in [0.2, 0.25) is 5.02 Å². The first-order valence-corrected chi connectivity index (χ1v) is 6.88. The largest absolute Gasteiger partial charge is 0.467 e. The number of carbonyl (C=O) groups excluding carboxylic acids is 2. The predicted octanol–water partition coefficient (Wildman–Crippen LogP) is 2.45. The van der Waals surface area contributed by atoms with Crippen molar-refractivity contribution in [3.63, 3.8) is 0 Å². The Bertz CT molecular complexity index is 656. The second-order valence-electron chi connectivity index (χ2n) is 4.40. The molecule has 0 saturated carbocycles. The second-order valence-corrected chi connectivity index (χ2v) is 4.80. The van der Waals surface area contributed by atoms with Crippen molar-refractivity contribution in [2.45, 2.75) is 6.54 Å². The van der Waals surface area contributed by atoms with E-state index in [1.165, 1.54) is 19.4 Å². The number of methoxy groups -OCH3 is 1. The molecule has 0 radical (unpaired) electrons. The van der Waals surface area contributed by atoms with Crippen LogP contribution in [0.1, 0.15) is 16.1 Å². The highest BCUT2D eigenvalue weighted by Crippen LogP contribution is 2.23. The van der Waals surface area contributed by atoms with Gasteiger partial charge in [-0.25, -0.2) is 4.79 Å². The lowest BCUT2D eigenvalue weighted by atomic mass is 10.2. The van der Waals surface area contributed by atoms with Gasteiger partial charge in [-0.1, -0.05) is 11.6 Å². The molecule has 0 spiro atoms. The summed E-state index contributed by atoms with van der Waals surface area (Å²) in [5, 5.41) is 5.98. The van der Waals surface area contributed by atoms with E-state index in [4.69, 9.17) is 16.0 Å². The normalized spacial score (nSPS) is 10.1. The van der Waals surface area contributed by atoms with E-state index in [-0.39, 0.29) is 12.5 Å². The van der Waals surface area contributed by atoms with Gasteiger partial charge < -0.3 is 19.8 Å². The van der Waals surface area contributed by atoms with Crippen LogP contribution in [0.3, 0.4) is 0 Å². The highest BCUT2D eigenvalue weighted by Gasteiger charge is 2.10. The van der Waals surface area contributed by atoms with Crippen LogP contribution in [0.5, 0.6) is 0 Å². The number of benzene rings is 1. The lowest BCUT2D eigenvalue weighted by Crippen LogP contribution is -2.29. The molecule has 2 N–H and O–H groups in total. The average molecular weight is 323 g/mol. The van der Waals surface area contributed by atoms with Gasteiger partial charge in [-0.15, -0.1) is 0 Å². The molecule has 1 heterocycles. The predicted molar refractivity (Wildman–Crippen MR) is 81.8 cm³/mol. The molecule has 6 nitrogen and oxygen atoms in total. The zero-order chi connectivity index (χ0) is 15.9. The molecule has 0 aliphatic heterocycles. The molecular weight excluding hydrogens is 308 g/mol. The van der Waals surface area contributed by atoms with Gasteiger partial charge in [0.2, 0.25) is 5.91 Å². The Hall–Kier alpha value is -2.47. The topological polar surface area (TPSA) is 80.6 Å². The highest BCUT2D eigenvalue weighted by molar-refractivity contribution is 6.33. The summed E-state index contributed by atoms with van der Waals surface area (Å²) in [7, 11) is 1.30. The summed E-state index contributed by atoms with van der Waals surface area (Å²) in [4.78, 5) is 23.2. The first kappa shape index (κ1) is 15.9. The van der Waals surface area contributed by atoms with Gasteiger partial charge >= 0.3 is 5.97 Å². The van der Waals surface area contributed by atoms with Gasteiger partial charge in [-0.05, 0) is 30.3 Å². The Morgan fingerprint density at radius 3 is 2.82 bits per heavy atom. The van der Waals surface area contributed by atoms with E-state index in [0.717, 1.165) is 0 Å². The number of esters is 1. The molecular formula is C15H15ClN2O4. The van der Waals surface area contributed by atoms with Crippen LogP contribution in [0.4, 0.5) is 5.69 Å². The van der Waals surface area contributed by atoms with Crippen LogP contribution in [0.25, 0.3) is 0 Å². The van der Waals surface area contributed by atoms with Crippen LogP contribution in [-0.4, -0.2) is 25.5 Å². The van der Waals surface area contributed by atoms with Crippen molar-refractivity contribution >= 4 is 29.2 Å². The van der Waals surface area contributed by atoms with E-state index in [9.17, 15) is 9.59 Å². The number of amides is 1. The SMILES string of the molecule is COC(=O)c1ccc(Cl)c(NCC(=O)NCc2ccco2)c1. The molecule has 0 atom stereocenters. The fourth-order valence-corrected chi connectivity index (χ4v) is 1.93. The van der Waals surface area contributed by atoms with E-state index in [2.05, 4.69) is 15.4 Å². The van der Waals surface area contributed by atoms with Gasteiger partial charge in [0.15, 0.2) is 0 Å². The molecule has 2 aromatic rings. The minimum atomic E-state index is -0.470. The number of furan rings is 1. The van der Waals surface area contributed by atoms with Gasteiger partial charge in [0.05, 0.1) is 42.7 Å². The number of hydrogen-bond acceptors (Lipinski definition) is 5. The fourth-order valence-electron chi connectivity index (χ4n) is 1.74. The maximum Gasteiger partial charge on any atom is 0.337 e. The molecule has 1 amide bonds. The summed E-state index contributed by atoms with van der Waals surface area (Å²) in [5.74, 6) is -0.0306. The van der Waals surface area contributed by atoms with E-state index in [0.29, 0.717) is 28.6 Å². The highest BCUT2D eigenvalue weighted by atomic mass is 35.5. The van der Waals surface area contributed by atoms with Crippen molar-refractivity contribution in [1.29, 1.82) is 0 Å². The molecule has 0 aliphatic carbocycles. The number of carbonyl (C=O) groups is 2. The Morgan fingerprint density at radius 1 is 1.32 bits per heavy atom. The molecule has 0 aliphatic rings. The summed E-state index contributed by atoms with van der Waals surface area (Å²) in [6.07, 6.45) is 1.54. The monoisotopic (exact) mass is 322 g/mol. The van der Waals surface area contributed by atoms with Crippen LogP contribution in [-0.2, 0) is 16.1 Å². The molecule has 116 valence electrons. The van der Waals surface area contributed by atoms with Crippen molar-refractivity contribution in [3.05, 3.63) is 52.9 Å². The summed E-state index contributed by atoms with van der Waals surface area (Å²) in [5.41, 5.74) is 0.836. The Labute approximate surface area is 132 Å². The molecule has 1 aromatic heterocycles. The summed E-state index contributed by atoms with van der Waals surface area (Å²) in [6, 6.07) is 8.17. The number of hydrogen-bond donors (Lipinski definition) is 2. The summed E-state index contributed by atoms with van der Waals surface area (Å²) >= 11 is 6.02. The van der Waals surface area contributed by atoms with Crippen LogP contribution in [0.15, 0.2) is 41.0 Å².